The van der Waals surface area contributed by atoms with Crippen LogP contribution >= 0.6 is 12.2 Å². The van der Waals surface area contributed by atoms with Gasteiger partial charge in [-0.15, -0.1) is 0 Å². The van der Waals surface area contributed by atoms with Crippen molar-refractivity contribution in [1.29, 1.82) is 0 Å². The molecule has 0 spiro atoms. The quantitative estimate of drug-likeness (QED) is 0.379. The van der Waals surface area contributed by atoms with Crippen molar-refractivity contribution in [3.63, 3.8) is 0 Å². The lowest BCUT2D eigenvalue weighted by atomic mass is 10.0. The number of carbonyl (C=O) groups is 1. The predicted octanol–water partition coefficient (Wildman–Crippen LogP) is 2.56. The summed E-state index contributed by atoms with van der Waals surface area (Å²) in [5, 5.41) is 16.8. The normalized spacial score (nSPS) is 11.3. The molecule has 1 rings (SSSR count). The Balaban J connectivity index is 2.73. The first-order chi connectivity index (χ1) is 11.3. The number of nitrogens with one attached hydrogen (secondary N) is 2. The molecule has 0 atom stereocenters. The Kier molecular flexibility index (Phi) is 8.18. The molecule has 0 unspecified atom stereocenters. The second kappa shape index (κ2) is 9.87. The third-order valence-corrected chi connectivity index (χ3v) is 3.61. The molecule has 6 nitrogen and oxygen atoms in total. The summed E-state index contributed by atoms with van der Waals surface area (Å²) in [6.45, 7) is 6.93. The van der Waals surface area contributed by atoms with Gasteiger partial charge in [-0.3, -0.25) is 10.2 Å². The Labute approximate surface area is 148 Å². The van der Waals surface area contributed by atoms with Gasteiger partial charge in [0, 0.05) is 12.1 Å². The molecule has 0 fully saturated rings. The number of ether oxygens (including phenoxy) is 1. The highest BCUT2D eigenvalue weighted by Gasteiger charge is 2.10. The van der Waals surface area contributed by atoms with Gasteiger partial charge in [0.2, 0.25) is 0 Å². The molecule has 0 aliphatic carbocycles. The zero-order valence-electron chi connectivity index (χ0n) is 14.5. The van der Waals surface area contributed by atoms with Gasteiger partial charge in [0.05, 0.1) is 19.2 Å². The monoisotopic (exact) mass is 351 g/mol. The van der Waals surface area contributed by atoms with Crippen LogP contribution in [0.3, 0.4) is 0 Å². The number of hydrogen-bond donors (Lipinski definition) is 3. The number of carboxylic acids is 1. The molecule has 3 N–H and O–H groups in total. The van der Waals surface area contributed by atoms with Gasteiger partial charge in [-0.1, -0.05) is 13.8 Å². The largest absolute Gasteiger partial charge is 0.496 e. The van der Waals surface area contributed by atoms with Crippen LogP contribution in [0.15, 0.2) is 23.3 Å². The summed E-state index contributed by atoms with van der Waals surface area (Å²) in [5.74, 6) is 0.249. The van der Waals surface area contributed by atoms with Gasteiger partial charge in [-0.25, -0.2) is 0 Å². The Morgan fingerprint density at radius 3 is 2.71 bits per heavy atom. The molecule has 0 heterocycles. The van der Waals surface area contributed by atoms with Crippen molar-refractivity contribution < 1.29 is 14.6 Å². The first-order valence-electron chi connectivity index (χ1n) is 7.80. The van der Waals surface area contributed by atoms with E-state index in [0.717, 1.165) is 18.5 Å². The summed E-state index contributed by atoms with van der Waals surface area (Å²) < 4.78 is 5.19. The minimum atomic E-state index is -0.909. The van der Waals surface area contributed by atoms with Crippen LogP contribution < -0.4 is 15.5 Å². The molecule has 132 valence electrons. The summed E-state index contributed by atoms with van der Waals surface area (Å²) in [5.41, 5.74) is 4.93. The topological polar surface area (TPSA) is 83.0 Å². The Morgan fingerprint density at radius 2 is 2.12 bits per heavy atom. The fourth-order valence-electron chi connectivity index (χ4n) is 2.02. The summed E-state index contributed by atoms with van der Waals surface area (Å²) >= 11 is 5.17. The van der Waals surface area contributed by atoms with Crippen molar-refractivity contribution in [2.75, 3.05) is 13.7 Å². The molecule has 1 aromatic rings. The standard InChI is InChI=1S/C17H25N3O3S/c1-11(2)7-8-18-17(24)20-19-12(3)13-5-6-15(23-4)14(9-13)10-16(21)22/h5-6,9,11H,7-8,10H2,1-4H3,(H,21,22)(H2,18,20,24)/b19-12-. The van der Waals surface area contributed by atoms with Gasteiger partial charge in [0.1, 0.15) is 5.75 Å². The third-order valence-electron chi connectivity index (χ3n) is 3.37. The Bertz CT molecular complexity index is 615. The summed E-state index contributed by atoms with van der Waals surface area (Å²) in [6, 6.07) is 5.34. The van der Waals surface area contributed by atoms with Crippen LogP contribution in [0.25, 0.3) is 0 Å². The number of carboxylic acid groups (broad SMARTS) is 1. The van der Waals surface area contributed by atoms with Gasteiger partial charge < -0.3 is 15.2 Å². The molecular formula is C17H25N3O3S. The van der Waals surface area contributed by atoms with E-state index in [-0.39, 0.29) is 6.42 Å². The molecule has 0 aromatic heterocycles. The van der Waals surface area contributed by atoms with Crippen LogP contribution in [0.1, 0.15) is 38.3 Å². The average Bonchev–Trinajstić information content (AvgIpc) is 2.51. The number of benzene rings is 1. The third kappa shape index (κ3) is 6.95. The minimum absolute atomic E-state index is 0.104. The fraction of sp³-hybridized carbons (Fsp3) is 0.471. The van der Waals surface area contributed by atoms with E-state index in [9.17, 15) is 4.79 Å². The predicted molar refractivity (Wildman–Crippen MR) is 99.7 cm³/mol. The van der Waals surface area contributed by atoms with E-state index in [1.165, 1.54) is 7.11 Å². The molecule has 7 heteroatoms. The molecule has 0 amide bonds. The first kappa shape index (κ1) is 19.9. The van der Waals surface area contributed by atoms with Gasteiger partial charge in [0.25, 0.3) is 0 Å². The lowest BCUT2D eigenvalue weighted by Crippen LogP contribution is -2.33. The Morgan fingerprint density at radius 1 is 1.42 bits per heavy atom. The number of methoxy groups -OCH3 is 1. The van der Waals surface area contributed by atoms with Crippen LogP contribution in [0.4, 0.5) is 0 Å². The van der Waals surface area contributed by atoms with E-state index in [1.807, 2.05) is 13.0 Å². The van der Waals surface area contributed by atoms with Crippen LogP contribution in [-0.4, -0.2) is 35.6 Å². The van der Waals surface area contributed by atoms with E-state index in [0.29, 0.717) is 28.1 Å². The average molecular weight is 351 g/mol. The number of nitrogens with zero attached hydrogens (tertiary/aromatic N) is 1. The van der Waals surface area contributed by atoms with Gasteiger partial charge in [0.15, 0.2) is 5.11 Å². The summed E-state index contributed by atoms with van der Waals surface area (Å²) in [7, 11) is 1.52. The smallest absolute Gasteiger partial charge is 0.307 e. The molecule has 0 radical (unpaired) electrons. The zero-order valence-corrected chi connectivity index (χ0v) is 15.4. The highest BCUT2D eigenvalue weighted by molar-refractivity contribution is 7.80. The second-order valence-corrected chi connectivity index (χ2v) is 6.25. The van der Waals surface area contributed by atoms with Crippen LogP contribution in [0, 0.1) is 5.92 Å². The maximum absolute atomic E-state index is 11.0. The molecule has 1 aromatic carbocycles. The molecule has 24 heavy (non-hydrogen) atoms. The van der Waals surface area contributed by atoms with Gasteiger partial charge in [-0.2, -0.15) is 5.10 Å². The van der Waals surface area contributed by atoms with Crippen LogP contribution in [-0.2, 0) is 11.2 Å². The molecule has 0 saturated heterocycles. The number of hydrogen-bond acceptors (Lipinski definition) is 4. The lowest BCUT2D eigenvalue weighted by Gasteiger charge is -2.11. The molecule has 0 aliphatic heterocycles. The molecule has 0 bridgehead atoms. The number of hydrazone groups is 1. The van der Waals surface area contributed by atoms with Crippen molar-refractivity contribution in [1.82, 2.24) is 10.7 Å². The first-order valence-corrected chi connectivity index (χ1v) is 8.21. The number of rotatable bonds is 8. The van der Waals surface area contributed by atoms with Crippen molar-refractivity contribution in [3.8, 4) is 5.75 Å². The SMILES string of the molecule is COc1ccc(/C(C)=N\NC(=S)NCCC(C)C)cc1CC(=O)O. The zero-order chi connectivity index (χ0) is 18.1. The van der Waals surface area contributed by atoms with Crippen molar-refractivity contribution in [2.45, 2.75) is 33.6 Å². The minimum Gasteiger partial charge on any atom is -0.496 e. The maximum atomic E-state index is 11.0. The van der Waals surface area contributed by atoms with E-state index in [1.54, 1.807) is 12.1 Å². The summed E-state index contributed by atoms with van der Waals surface area (Å²) in [4.78, 5) is 11.0. The highest BCUT2D eigenvalue weighted by atomic mass is 32.1. The summed E-state index contributed by atoms with van der Waals surface area (Å²) in [6.07, 6.45) is 0.925. The second-order valence-electron chi connectivity index (χ2n) is 5.84. The number of thiocarbonyl (C=S) groups is 1. The Hall–Kier alpha value is -2.15. The van der Waals surface area contributed by atoms with Gasteiger partial charge >= 0.3 is 5.97 Å². The lowest BCUT2D eigenvalue weighted by molar-refractivity contribution is -0.136. The maximum Gasteiger partial charge on any atom is 0.307 e. The molecule has 0 saturated carbocycles. The van der Waals surface area contributed by atoms with E-state index in [4.69, 9.17) is 22.1 Å². The fourth-order valence-corrected chi connectivity index (χ4v) is 2.17. The van der Waals surface area contributed by atoms with E-state index < -0.39 is 5.97 Å². The van der Waals surface area contributed by atoms with Crippen LogP contribution in [0.2, 0.25) is 0 Å². The number of aliphatic carboxylic acids is 1. The van der Waals surface area contributed by atoms with Crippen molar-refractivity contribution in [2.24, 2.45) is 11.0 Å². The van der Waals surface area contributed by atoms with Gasteiger partial charge in [-0.05, 0) is 55.2 Å². The van der Waals surface area contributed by atoms with Crippen molar-refractivity contribution >= 4 is 29.0 Å². The van der Waals surface area contributed by atoms with Crippen molar-refractivity contribution in [3.05, 3.63) is 29.3 Å². The molecular weight excluding hydrogens is 326 g/mol. The molecule has 0 aliphatic rings. The van der Waals surface area contributed by atoms with E-state index in [2.05, 4.69) is 29.7 Å². The van der Waals surface area contributed by atoms with Crippen LogP contribution in [0.5, 0.6) is 5.75 Å². The highest BCUT2D eigenvalue weighted by Crippen LogP contribution is 2.21. The van der Waals surface area contributed by atoms with E-state index >= 15 is 0 Å².